The van der Waals surface area contributed by atoms with Gasteiger partial charge in [0.15, 0.2) is 0 Å². The van der Waals surface area contributed by atoms with Crippen LogP contribution in [0.1, 0.15) is 49.4 Å². The fourth-order valence-electron chi connectivity index (χ4n) is 2.97. The molecule has 0 aromatic heterocycles. The molecule has 1 aromatic rings. The van der Waals surface area contributed by atoms with E-state index in [4.69, 9.17) is 0 Å². The Balaban J connectivity index is 2.20. The molecule has 1 aliphatic carbocycles. The molecule has 0 spiro atoms. The van der Waals surface area contributed by atoms with Crippen molar-refractivity contribution >= 4 is 11.9 Å². The highest BCUT2D eigenvalue weighted by atomic mass is 16.4. The quantitative estimate of drug-likeness (QED) is 0.888. The normalized spacial score (nSPS) is 19.1. The molecule has 1 aromatic carbocycles. The van der Waals surface area contributed by atoms with Crippen molar-refractivity contribution in [2.45, 2.75) is 44.6 Å². The second-order valence-electron chi connectivity index (χ2n) is 5.60. The number of carboxylic acid groups (broad SMARTS) is 1. The lowest BCUT2D eigenvalue weighted by atomic mass is 9.73. The third kappa shape index (κ3) is 3.00. The Kier molecular flexibility index (Phi) is 4.42. The van der Waals surface area contributed by atoms with E-state index >= 15 is 0 Å². The largest absolute Gasteiger partial charge is 0.481 e. The monoisotopic (exact) mass is 275 g/mol. The van der Waals surface area contributed by atoms with Crippen LogP contribution in [-0.2, 0) is 4.79 Å². The minimum absolute atomic E-state index is 0.180. The van der Waals surface area contributed by atoms with Crippen LogP contribution in [0.25, 0.3) is 0 Å². The maximum Gasteiger partial charge on any atom is 0.308 e. The number of carbonyl (C=O) groups is 2. The van der Waals surface area contributed by atoms with Gasteiger partial charge in [0.05, 0.1) is 11.5 Å². The molecule has 108 valence electrons. The first-order chi connectivity index (χ1) is 9.55. The van der Waals surface area contributed by atoms with Gasteiger partial charge in [-0.3, -0.25) is 9.59 Å². The summed E-state index contributed by atoms with van der Waals surface area (Å²) in [5, 5.41) is 12.3. The van der Waals surface area contributed by atoms with Gasteiger partial charge < -0.3 is 10.4 Å². The molecule has 1 atom stereocenters. The molecule has 4 heteroatoms. The molecule has 0 bridgehead atoms. The van der Waals surface area contributed by atoms with Gasteiger partial charge in [0.25, 0.3) is 5.91 Å². The first-order valence-electron chi connectivity index (χ1n) is 7.15. The molecular weight excluding hydrogens is 254 g/mol. The molecule has 1 unspecified atom stereocenters. The summed E-state index contributed by atoms with van der Waals surface area (Å²) in [6.45, 7) is 1.69. The van der Waals surface area contributed by atoms with Gasteiger partial charge in [-0.05, 0) is 31.9 Å². The Hall–Kier alpha value is -1.84. The number of rotatable bonds is 4. The van der Waals surface area contributed by atoms with Gasteiger partial charge >= 0.3 is 5.97 Å². The van der Waals surface area contributed by atoms with Crippen LogP contribution in [0.2, 0.25) is 0 Å². The summed E-state index contributed by atoms with van der Waals surface area (Å²) < 4.78 is 0. The van der Waals surface area contributed by atoms with Gasteiger partial charge in [-0.1, -0.05) is 37.5 Å². The van der Waals surface area contributed by atoms with Gasteiger partial charge in [0.2, 0.25) is 0 Å². The summed E-state index contributed by atoms with van der Waals surface area (Å²) in [4.78, 5) is 23.7. The van der Waals surface area contributed by atoms with Gasteiger partial charge in [-0.2, -0.15) is 0 Å². The average Bonchev–Trinajstić information content (AvgIpc) is 2.48. The van der Waals surface area contributed by atoms with Crippen molar-refractivity contribution in [2.75, 3.05) is 0 Å². The molecule has 2 N–H and O–H groups in total. The van der Waals surface area contributed by atoms with Crippen LogP contribution < -0.4 is 5.32 Å². The predicted molar refractivity (Wildman–Crippen MR) is 76.5 cm³/mol. The molecule has 0 saturated heterocycles. The average molecular weight is 275 g/mol. The maximum absolute atomic E-state index is 12.3. The molecule has 1 saturated carbocycles. The Morgan fingerprint density at radius 3 is 2.30 bits per heavy atom. The summed E-state index contributed by atoms with van der Waals surface area (Å²) in [5.74, 6) is -1.60. The van der Waals surface area contributed by atoms with Crippen molar-refractivity contribution in [3.63, 3.8) is 0 Å². The van der Waals surface area contributed by atoms with Crippen LogP contribution in [0, 0.1) is 5.92 Å². The molecule has 20 heavy (non-hydrogen) atoms. The van der Waals surface area contributed by atoms with E-state index in [-0.39, 0.29) is 5.91 Å². The van der Waals surface area contributed by atoms with Crippen LogP contribution in [0.3, 0.4) is 0 Å². The molecule has 1 fully saturated rings. The van der Waals surface area contributed by atoms with E-state index in [0.29, 0.717) is 5.56 Å². The molecule has 1 amide bonds. The van der Waals surface area contributed by atoms with E-state index in [2.05, 4.69) is 5.32 Å². The highest BCUT2D eigenvalue weighted by Crippen LogP contribution is 2.35. The second-order valence-corrected chi connectivity index (χ2v) is 5.60. The molecule has 1 aliphatic rings. The maximum atomic E-state index is 12.3. The van der Waals surface area contributed by atoms with E-state index in [1.165, 1.54) is 0 Å². The number of hydrogen-bond donors (Lipinski definition) is 2. The zero-order chi connectivity index (χ0) is 14.6. The lowest BCUT2D eigenvalue weighted by Crippen LogP contribution is -2.56. The number of carbonyl (C=O) groups excluding carboxylic acids is 1. The SMILES string of the molecule is CC(C(=O)O)C1(NC(=O)c2ccccc2)CCCCC1. The Morgan fingerprint density at radius 1 is 1.15 bits per heavy atom. The Morgan fingerprint density at radius 2 is 1.75 bits per heavy atom. The zero-order valence-electron chi connectivity index (χ0n) is 11.8. The highest BCUT2D eigenvalue weighted by molar-refractivity contribution is 5.95. The third-order valence-electron chi connectivity index (χ3n) is 4.34. The zero-order valence-corrected chi connectivity index (χ0v) is 11.8. The predicted octanol–water partition coefficient (Wildman–Crippen LogP) is 2.84. The van der Waals surface area contributed by atoms with Crippen LogP contribution in [0.4, 0.5) is 0 Å². The fourth-order valence-corrected chi connectivity index (χ4v) is 2.97. The van der Waals surface area contributed by atoms with Crippen molar-refractivity contribution < 1.29 is 14.7 Å². The summed E-state index contributed by atoms with van der Waals surface area (Å²) >= 11 is 0. The minimum Gasteiger partial charge on any atom is -0.481 e. The highest BCUT2D eigenvalue weighted by Gasteiger charge is 2.42. The van der Waals surface area contributed by atoms with Crippen LogP contribution >= 0.6 is 0 Å². The fraction of sp³-hybridized carbons (Fsp3) is 0.500. The molecule has 0 aliphatic heterocycles. The summed E-state index contributed by atoms with van der Waals surface area (Å²) in [6, 6.07) is 8.97. The Labute approximate surface area is 119 Å². The van der Waals surface area contributed by atoms with Gasteiger partial charge in [0.1, 0.15) is 0 Å². The summed E-state index contributed by atoms with van der Waals surface area (Å²) in [6.07, 6.45) is 4.51. The van der Waals surface area contributed by atoms with Crippen molar-refractivity contribution in [1.82, 2.24) is 5.32 Å². The standard InChI is InChI=1S/C16H21NO3/c1-12(15(19)20)16(10-6-3-7-11-16)17-14(18)13-8-4-2-5-9-13/h2,4-5,8-9,12H,3,6-7,10-11H2,1H3,(H,17,18)(H,19,20). The molecule has 4 nitrogen and oxygen atoms in total. The lowest BCUT2D eigenvalue weighted by Gasteiger charge is -2.41. The lowest BCUT2D eigenvalue weighted by molar-refractivity contribution is -0.144. The summed E-state index contributed by atoms with van der Waals surface area (Å²) in [5.41, 5.74) is -0.0353. The van der Waals surface area contributed by atoms with Crippen LogP contribution in [-0.4, -0.2) is 22.5 Å². The van der Waals surface area contributed by atoms with Gasteiger partial charge in [0, 0.05) is 5.56 Å². The molecule has 2 rings (SSSR count). The molecule has 0 heterocycles. The number of nitrogens with one attached hydrogen (secondary N) is 1. The smallest absolute Gasteiger partial charge is 0.308 e. The first kappa shape index (κ1) is 14.6. The number of hydrogen-bond acceptors (Lipinski definition) is 2. The molecule has 0 radical (unpaired) electrons. The van der Waals surface area contributed by atoms with Crippen molar-refractivity contribution in [3.8, 4) is 0 Å². The van der Waals surface area contributed by atoms with E-state index in [9.17, 15) is 14.7 Å². The van der Waals surface area contributed by atoms with Gasteiger partial charge in [-0.15, -0.1) is 0 Å². The molecular formula is C16H21NO3. The van der Waals surface area contributed by atoms with Crippen LogP contribution in [0.5, 0.6) is 0 Å². The number of amides is 1. The van der Waals surface area contributed by atoms with E-state index < -0.39 is 17.4 Å². The van der Waals surface area contributed by atoms with E-state index in [0.717, 1.165) is 32.1 Å². The van der Waals surface area contributed by atoms with Crippen molar-refractivity contribution in [1.29, 1.82) is 0 Å². The second kappa shape index (κ2) is 6.07. The van der Waals surface area contributed by atoms with Crippen molar-refractivity contribution in [2.24, 2.45) is 5.92 Å². The van der Waals surface area contributed by atoms with E-state index in [1.807, 2.05) is 18.2 Å². The number of benzene rings is 1. The van der Waals surface area contributed by atoms with Crippen molar-refractivity contribution in [3.05, 3.63) is 35.9 Å². The van der Waals surface area contributed by atoms with Gasteiger partial charge in [-0.25, -0.2) is 0 Å². The Bertz CT molecular complexity index is 478. The minimum atomic E-state index is -0.847. The third-order valence-corrected chi connectivity index (χ3v) is 4.34. The first-order valence-corrected chi connectivity index (χ1v) is 7.15. The number of aliphatic carboxylic acids is 1. The number of carboxylic acids is 1. The topological polar surface area (TPSA) is 66.4 Å². The summed E-state index contributed by atoms with van der Waals surface area (Å²) in [7, 11) is 0. The van der Waals surface area contributed by atoms with E-state index in [1.54, 1.807) is 19.1 Å². The van der Waals surface area contributed by atoms with Crippen LogP contribution in [0.15, 0.2) is 30.3 Å².